The summed E-state index contributed by atoms with van der Waals surface area (Å²) < 4.78 is 5.23. The van der Waals surface area contributed by atoms with Crippen LogP contribution in [-0.2, 0) is 0 Å². The maximum absolute atomic E-state index is 5.75. The highest BCUT2D eigenvalue weighted by Gasteiger charge is 1.97. The van der Waals surface area contributed by atoms with Crippen molar-refractivity contribution in [2.75, 3.05) is 12.8 Å². The number of hydrogen-bond acceptors (Lipinski definition) is 2. The highest BCUT2D eigenvalue weighted by molar-refractivity contribution is 5.85. The van der Waals surface area contributed by atoms with Crippen LogP contribution in [0.4, 0.5) is 5.69 Å². The predicted molar refractivity (Wildman–Crippen MR) is 87.3 cm³/mol. The molecular formula is C19H15NO. The summed E-state index contributed by atoms with van der Waals surface area (Å²) in [4.78, 5) is 0. The molecule has 3 aromatic rings. The molecule has 0 aliphatic heterocycles. The van der Waals surface area contributed by atoms with E-state index in [1.165, 1.54) is 0 Å². The fraction of sp³-hybridized carbons (Fsp3) is 0.0526. The van der Waals surface area contributed by atoms with E-state index in [2.05, 4.69) is 24.0 Å². The maximum atomic E-state index is 5.75. The van der Waals surface area contributed by atoms with Crippen molar-refractivity contribution < 1.29 is 4.74 Å². The third kappa shape index (κ3) is 2.98. The summed E-state index contributed by atoms with van der Waals surface area (Å²) in [5, 5.41) is 2.29. The molecule has 0 atom stereocenters. The van der Waals surface area contributed by atoms with Gasteiger partial charge in [-0.1, -0.05) is 30.0 Å². The SMILES string of the molecule is COc1ccc2cc(C#Cc3cccc(N)c3)ccc2c1. The molecule has 3 rings (SSSR count). The minimum Gasteiger partial charge on any atom is -0.497 e. The highest BCUT2D eigenvalue weighted by atomic mass is 16.5. The second-order valence-electron chi connectivity index (χ2n) is 4.80. The fourth-order valence-corrected chi connectivity index (χ4v) is 2.19. The third-order valence-electron chi connectivity index (χ3n) is 3.29. The van der Waals surface area contributed by atoms with Gasteiger partial charge in [-0.25, -0.2) is 0 Å². The Morgan fingerprint density at radius 1 is 0.810 bits per heavy atom. The molecule has 0 aliphatic carbocycles. The lowest BCUT2D eigenvalue weighted by atomic mass is 10.1. The van der Waals surface area contributed by atoms with E-state index in [9.17, 15) is 0 Å². The van der Waals surface area contributed by atoms with Crippen LogP contribution >= 0.6 is 0 Å². The van der Waals surface area contributed by atoms with Gasteiger partial charge in [0.25, 0.3) is 0 Å². The monoisotopic (exact) mass is 273 g/mol. The van der Waals surface area contributed by atoms with Crippen LogP contribution in [0.15, 0.2) is 60.7 Å². The molecule has 3 aromatic carbocycles. The summed E-state index contributed by atoms with van der Waals surface area (Å²) >= 11 is 0. The Morgan fingerprint density at radius 3 is 2.29 bits per heavy atom. The topological polar surface area (TPSA) is 35.2 Å². The second-order valence-corrected chi connectivity index (χ2v) is 4.80. The van der Waals surface area contributed by atoms with Gasteiger partial charge in [0, 0.05) is 16.8 Å². The van der Waals surface area contributed by atoms with Gasteiger partial charge >= 0.3 is 0 Å². The fourth-order valence-electron chi connectivity index (χ4n) is 2.19. The maximum Gasteiger partial charge on any atom is 0.119 e. The van der Waals surface area contributed by atoms with E-state index in [1.54, 1.807) is 7.11 Å². The molecule has 0 saturated carbocycles. The number of ether oxygens (including phenoxy) is 1. The molecule has 102 valence electrons. The van der Waals surface area contributed by atoms with Gasteiger partial charge < -0.3 is 10.5 Å². The van der Waals surface area contributed by atoms with Crippen LogP contribution in [0.5, 0.6) is 5.75 Å². The first-order valence-corrected chi connectivity index (χ1v) is 6.70. The number of rotatable bonds is 1. The number of methoxy groups -OCH3 is 1. The van der Waals surface area contributed by atoms with Gasteiger partial charge in [-0.3, -0.25) is 0 Å². The van der Waals surface area contributed by atoms with Crippen molar-refractivity contribution in [2.45, 2.75) is 0 Å². The van der Waals surface area contributed by atoms with Crippen molar-refractivity contribution in [1.29, 1.82) is 0 Å². The Bertz CT molecular complexity index is 856. The second kappa shape index (κ2) is 5.60. The Morgan fingerprint density at radius 2 is 1.52 bits per heavy atom. The minimum atomic E-state index is 0.729. The van der Waals surface area contributed by atoms with Crippen LogP contribution < -0.4 is 10.5 Å². The average Bonchev–Trinajstić information content (AvgIpc) is 2.52. The minimum absolute atomic E-state index is 0.729. The number of benzene rings is 3. The van der Waals surface area contributed by atoms with Crippen LogP contribution in [0.2, 0.25) is 0 Å². The van der Waals surface area contributed by atoms with Crippen LogP contribution in [0.25, 0.3) is 10.8 Å². The summed E-state index contributed by atoms with van der Waals surface area (Å²) in [5.74, 6) is 7.17. The summed E-state index contributed by atoms with van der Waals surface area (Å²) in [6.07, 6.45) is 0. The smallest absolute Gasteiger partial charge is 0.119 e. The molecule has 0 aromatic heterocycles. The largest absolute Gasteiger partial charge is 0.497 e. The summed E-state index contributed by atoms with van der Waals surface area (Å²) in [7, 11) is 1.67. The van der Waals surface area contributed by atoms with E-state index < -0.39 is 0 Å². The normalized spacial score (nSPS) is 9.95. The molecule has 21 heavy (non-hydrogen) atoms. The molecule has 0 bridgehead atoms. The first kappa shape index (κ1) is 13.1. The molecule has 0 heterocycles. The molecule has 2 nitrogen and oxygen atoms in total. The van der Waals surface area contributed by atoms with Crippen LogP contribution in [0, 0.1) is 11.8 Å². The van der Waals surface area contributed by atoms with Crippen LogP contribution in [0.1, 0.15) is 11.1 Å². The first-order valence-electron chi connectivity index (χ1n) is 6.70. The zero-order valence-corrected chi connectivity index (χ0v) is 11.8. The Kier molecular flexibility index (Phi) is 3.49. The van der Waals surface area contributed by atoms with Gasteiger partial charge in [-0.2, -0.15) is 0 Å². The lowest BCUT2D eigenvalue weighted by Gasteiger charge is -2.02. The Balaban J connectivity index is 1.95. The Hall–Kier alpha value is -2.92. The molecule has 0 fully saturated rings. The van der Waals surface area contributed by atoms with Crippen molar-refractivity contribution in [3.05, 3.63) is 71.8 Å². The van der Waals surface area contributed by atoms with E-state index in [0.717, 1.165) is 33.3 Å². The van der Waals surface area contributed by atoms with E-state index in [4.69, 9.17) is 10.5 Å². The summed E-state index contributed by atoms with van der Waals surface area (Å²) in [6.45, 7) is 0. The van der Waals surface area contributed by atoms with E-state index >= 15 is 0 Å². The van der Waals surface area contributed by atoms with Crippen molar-refractivity contribution in [1.82, 2.24) is 0 Å². The number of anilines is 1. The molecule has 0 spiro atoms. The predicted octanol–water partition coefficient (Wildman–Crippen LogP) is 3.83. The number of nitrogens with two attached hydrogens (primary N) is 1. The molecule has 0 unspecified atom stereocenters. The van der Waals surface area contributed by atoms with Gasteiger partial charge in [0.2, 0.25) is 0 Å². The molecule has 0 radical (unpaired) electrons. The zero-order valence-electron chi connectivity index (χ0n) is 11.8. The van der Waals surface area contributed by atoms with Crippen LogP contribution in [-0.4, -0.2) is 7.11 Å². The van der Waals surface area contributed by atoms with Crippen molar-refractivity contribution >= 4 is 16.5 Å². The molecule has 2 heteroatoms. The van der Waals surface area contributed by atoms with Crippen molar-refractivity contribution in [2.24, 2.45) is 0 Å². The molecular weight excluding hydrogens is 258 g/mol. The average molecular weight is 273 g/mol. The number of hydrogen-bond donors (Lipinski definition) is 1. The highest BCUT2D eigenvalue weighted by Crippen LogP contribution is 2.21. The first-order chi connectivity index (χ1) is 10.2. The van der Waals surface area contributed by atoms with Gasteiger partial charge in [-0.15, -0.1) is 0 Å². The number of fused-ring (bicyclic) bond motifs is 1. The quantitative estimate of drug-likeness (QED) is 0.540. The van der Waals surface area contributed by atoms with Gasteiger partial charge in [0.1, 0.15) is 5.75 Å². The van der Waals surface area contributed by atoms with E-state index in [-0.39, 0.29) is 0 Å². The van der Waals surface area contributed by atoms with E-state index in [1.807, 2.05) is 48.5 Å². The van der Waals surface area contributed by atoms with Gasteiger partial charge in [-0.05, 0) is 53.2 Å². The van der Waals surface area contributed by atoms with Crippen molar-refractivity contribution in [3.63, 3.8) is 0 Å². The van der Waals surface area contributed by atoms with Gasteiger partial charge in [0.05, 0.1) is 7.11 Å². The molecule has 0 amide bonds. The van der Waals surface area contributed by atoms with Gasteiger partial charge in [0.15, 0.2) is 0 Å². The zero-order chi connectivity index (χ0) is 14.7. The van der Waals surface area contributed by atoms with Crippen LogP contribution in [0.3, 0.4) is 0 Å². The summed E-state index contributed by atoms with van der Waals surface area (Å²) in [6, 6.07) is 19.8. The van der Waals surface area contributed by atoms with E-state index in [0.29, 0.717) is 0 Å². The Labute approximate surface area is 124 Å². The third-order valence-corrected chi connectivity index (χ3v) is 3.29. The standard InChI is InChI=1S/C19H15NO/c1-21-19-10-9-16-11-15(7-8-17(16)13-19)6-5-14-3-2-4-18(20)12-14/h2-4,7-13H,20H2,1H3. The lowest BCUT2D eigenvalue weighted by molar-refractivity contribution is 0.415. The molecule has 2 N–H and O–H groups in total. The lowest BCUT2D eigenvalue weighted by Crippen LogP contribution is -1.85. The summed E-state index contributed by atoms with van der Waals surface area (Å²) in [5.41, 5.74) is 8.38. The molecule has 0 aliphatic rings. The molecule has 0 saturated heterocycles. The number of nitrogen functional groups attached to an aromatic ring is 1. The van der Waals surface area contributed by atoms with Crippen molar-refractivity contribution in [3.8, 4) is 17.6 Å².